The molecular weight excluding hydrogens is 318 g/mol. The maximum absolute atomic E-state index is 8.88. The molecule has 19 heavy (non-hydrogen) atoms. The molecule has 0 aliphatic heterocycles. The van der Waals surface area contributed by atoms with Crippen LogP contribution in [-0.2, 0) is 13.9 Å². The second kappa shape index (κ2) is 11.8. The van der Waals surface area contributed by atoms with Crippen molar-refractivity contribution in [3.05, 3.63) is 0 Å². The van der Waals surface area contributed by atoms with Gasteiger partial charge in [0.2, 0.25) is 0 Å². The summed E-state index contributed by atoms with van der Waals surface area (Å²) >= 11 is 0. The predicted molar refractivity (Wildman–Crippen MR) is 55.8 cm³/mol. The zero-order chi connectivity index (χ0) is 16.3. The standard InChI is InChI=1S/C4H10O5.2H3O4P/c5-1-3(7)9-4(8)2-6;2*1-5(2,3)4/h3-8H,1-2H2;2*(H3,1,2,3,4). The third kappa shape index (κ3) is 71.9. The molecule has 0 fully saturated rings. The smallest absolute Gasteiger partial charge is 0.391 e. The van der Waals surface area contributed by atoms with E-state index in [4.69, 9.17) is 58.9 Å². The van der Waals surface area contributed by atoms with Crippen LogP contribution < -0.4 is 0 Å². The lowest BCUT2D eigenvalue weighted by atomic mass is 10.6. The van der Waals surface area contributed by atoms with Gasteiger partial charge in [0.25, 0.3) is 0 Å². The minimum Gasteiger partial charge on any atom is -0.391 e. The third-order valence-corrected chi connectivity index (χ3v) is 0.627. The van der Waals surface area contributed by atoms with Gasteiger partial charge in [0.15, 0.2) is 12.6 Å². The van der Waals surface area contributed by atoms with Gasteiger partial charge in [0.05, 0.1) is 13.2 Å². The molecule has 0 aliphatic rings. The Morgan fingerprint density at radius 1 is 0.737 bits per heavy atom. The van der Waals surface area contributed by atoms with Gasteiger partial charge in [0.1, 0.15) is 0 Å². The van der Waals surface area contributed by atoms with Crippen LogP contribution in [0.3, 0.4) is 0 Å². The molecule has 0 aliphatic carbocycles. The van der Waals surface area contributed by atoms with Crippen molar-refractivity contribution in [3.63, 3.8) is 0 Å². The topological polar surface area (TPSA) is 246 Å². The second-order valence-electron chi connectivity index (χ2n) is 2.44. The summed E-state index contributed by atoms with van der Waals surface area (Å²) in [6, 6.07) is 0. The van der Waals surface area contributed by atoms with Crippen LogP contribution in [0.5, 0.6) is 0 Å². The summed E-state index contributed by atoms with van der Waals surface area (Å²) in [5, 5.41) is 33.1. The molecule has 120 valence electrons. The van der Waals surface area contributed by atoms with Crippen molar-refractivity contribution in [2.45, 2.75) is 12.6 Å². The van der Waals surface area contributed by atoms with Crippen molar-refractivity contribution in [1.82, 2.24) is 0 Å². The molecule has 0 amide bonds. The van der Waals surface area contributed by atoms with Crippen LogP contribution in [0.1, 0.15) is 0 Å². The van der Waals surface area contributed by atoms with Crippen molar-refractivity contribution in [2.75, 3.05) is 13.2 Å². The van der Waals surface area contributed by atoms with E-state index in [0.717, 1.165) is 0 Å². The molecule has 13 nitrogen and oxygen atoms in total. The Hall–Kier alpha value is 0.0200. The Morgan fingerprint density at radius 3 is 1.00 bits per heavy atom. The molecule has 10 N–H and O–H groups in total. The minimum absolute atomic E-state index is 0.600. The molecular formula is C4H16O13P2. The van der Waals surface area contributed by atoms with Crippen LogP contribution in [-0.4, -0.2) is 75.6 Å². The zero-order valence-corrected chi connectivity index (χ0v) is 10.9. The first-order valence-corrected chi connectivity index (χ1v) is 7.13. The first-order chi connectivity index (χ1) is 8.20. The summed E-state index contributed by atoms with van der Waals surface area (Å²) in [7, 11) is -9.28. The fraction of sp³-hybridized carbons (Fsp3) is 1.00. The van der Waals surface area contributed by atoms with E-state index in [1.54, 1.807) is 0 Å². The average molecular weight is 334 g/mol. The number of rotatable bonds is 4. The number of hydrogen-bond acceptors (Lipinski definition) is 7. The van der Waals surface area contributed by atoms with Crippen molar-refractivity contribution in [3.8, 4) is 0 Å². The molecule has 0 saturated carbocycles. The molecule has 0 aromatic rings. The maximum Gasteiger partial charge on any atom is 0.466 e. The number of hydrogen-bond donors (Lipinski definition) is 10. The fourth-order valence-electron chi connectivity index (χ4n) is 0.267. The molecule has 0 bridgehead atoms. The Labute approximate surface area is 106 Å². The molecule has 0 aromatic heterocycles. The summed E-state index contributed by atoms with van der Waals surface area (Å²) in [4.78, 5) is 43.1. The van der Waals surface area contributed by atoms with Gasteiger partial charge in [-0.3, -0.25) is 0 Å². The van der Waals surface area contributed by atoms with Gasteiger partial charge in [-0.1, -0.05) is 0 Å². The highest BCUT2D eigenvalue weighted by molar-refractivity contribution is 7.45. The van der Waals surface area contributed by atoms with E-state index in [-0.39, 0.29) is 0 Å². The lowest BCUT2D eigenvalue weighted by molar-refractivity contribution is -0.229. The first-order valence-electron chi connectivity index (χ1n) is 4.00. The highest BCUT2D eigenvalue weighted by atomic mass is 31.2. The number of ether oxygens (including phenoxy) is 1. The quantitative estimate of drug-likeness (QED) is 0.173. The van der Waals surface area contributed by atoms with Gasteiger partial charge < -0.3 is 54.5 Å². The van der Waals surface area contributed by atoms with Gasteiger partial charge >= 0.3 is 15.6 Å². The first kappa shape index (κ1) is 24.1. The number of aliphatic hydroxyl groups excluding tert-OH is 4. The van der Waals surface area contributed by atoms with Crippen molar-refractivity contribution >= 4 is 15.6 Å². The number of phosphoric acid groups is 2. The Balaban J connectivity index is -0.000000219. The van der Waals surface area contributed by atoms with Crippen LogP contribution >= 0.6 is 15.6 Å². The van der Waals surface area contributed by atoms with E-state index in [0.29, 0.717) is 0 Å². The number of aliphatic hydroxyl groups is 4. The predicted octanol–water partition coefficient (Wildman–Crippen LogP) is -4.23. The normalized spacial score (nSPS) is 14.4. The SMILES string of the molecule is O=P(O)(O)O.O=P(O)(O)O.OCC(O)OC(O)CO. The average Bonchev–Trinajstić information content (AvgIpc) is 2.12. The Bertz CT molecular complexity index is 236. The highest BCUT2D eigenvalue weighted by Gasteiger charge is 2.07. The minimum atomic E-state index is -4.64. The lowest BCUT2D eigenvalue weighted by Crippen LogP contribution is -2.26. The van der Waals surface area contributed by atoms with Gasteiger partial charge in [-0.15, -0.1) is 0 Å². The lowest BCUT2D eigenvalue weighted by Gasteiger charge is -2.12. The van der Waals surface area contributed by atoms with E-state index in [9.17, 15) is 0 Å². The van der Waals surface area contributed by atoms with Gasteiger partial charge in [-0.2, -0.15) is 0 Å². The van der Waals surface area contributed by atoms with Crippen LogP contribution in [0.4, 0.5) is 0 Å². The summed E-state index contributed by atoms with van der Waals surface area (Å²) in [6.07, 6.45) is -2.85. The summed E-state index contributed by atoms with van der Waals surface area (Å²) < 4.78 is 21.9. The summed E-state index contributed by atoms with van der Waals surface area (Å²) in [5.74, 6) is 0. The van der Waals surface area contributed by atoms with E-state index in [1.807, 2.05) is 0 Å². The summed E-state index contributed by atoms with van der Waals surface area (Å²) in [6.45, 7) is -1.20. The molecule has 15 heteroatoms. The molecule has 0 spiro atoms. The van der Waals surface area contributed by atoms with Crippen LogP contribution in [0, 0.1) is 0 Å². The van der Waals surface area contributed by atoms with Crippen LogP contribution in [0.2, 0.25) is 0 Å². The fourth-order valence-corrected chi connectivity index (χ4v) is 0.267. The van der Waals surface area contributed by atoms with E-state index < -0.39 is 41.4 Å². The molecule has 0 aromatic carbocycles. The Kier molecular flexibility index (Phi) is 15.0. The van der Waals surface area contributed by atoms with E-state index in [1.165, 1.54) is 0 Å². The van der Waals surface area contributed by atoms with Gasteiger partial charge in [0, 0.05) is 0 Å². The highest BCUT2D eigenvalue weighted by Crippen LogP contribution is 2.26. The summed E-state index contributed by atoms with van der Waals surface area (Å²) in [5.41, 5.74) is 0. The van der Waals surface area contributed by atoms with Gasteiger partial charge in [-0.25, -0.2) is 9.13 Å². The van der Waals surface area contributed by atoms with Crippen LogP contribution in [0.15, 0.2) is 0 Å². The van der Waals surface area contributed by atoms with Gasteiger partial charge in [-0.05, 0) is 0 Å². The molecule has 0 saturated heterocycles. The zero-order valence-electron chi connectivity index (χ0n) is 9.16. The molecule has 2 unspecified atom stereocenters. The third-order valence-electron chi connectivity index (χ3n) is 0.627. The largest absolute Gasteiger partial charge is 0.466 e. The molecule has 0 heterocycles. The van der Waals surface area contributed by atoms with Crippen LogP contribution in [0.25, 0.3) is 0 Å². The van der Waals surface area contributed by atoms with E-state index in [2.05, 4.69) is 4.74 Å². The van der Waals surface area contributed by atoms with Crippen molar-refractivity contribution in [2.24, 2.45) is 0 Å². The maximum atomic E-state index is 8.88. The molecule has 0 rings (SSSR count). The van der Waals surface area contributed by atoms with Crippen molar-refractivity contribution in [1.29, 1.82) is 0 Å². The Morgan fingerprint density at radius 2 is 0.895 bits per heavy atom. The van der Waals surface area contributed by atoms with E-state index >= 15 is 0 Å². The van der Waals surface area contributed by atoms with Crippen molar-refractivity contribution < 1.29 is 63.7 Å². The second-order valence-corrected chi connectivity index (χ2v) is 4.49. The monoisotopic (exact) mass is 334 g/mol. The molecule has 0 radical (unpaired) electrons. The molecule has 2 atom stereocenters.